The van der Waals surface area contributed by atoms with Gasteiger partial charge in [0.05, 0.1) is 19.9 Å². The van der Waals surface area contributed by atoms with Crippen LogP contribution in [-0.2, 0) is 13.1 Å². The van der Waals surface area contributed by atoms with E-state index in [2.05, 4.69) is 48.8 Å². The van der Waals surface area contributed by atoms with Gasteiger partial charge in [0.1, 0.15) is 16.8 Å². The van der Waals surface area contributed by atoms with Crippen molar-refractivity contribution in [3.8, 4) is 5.75 Å². The van der Waals surface area contributed by atoms with Crippen LogP contribution in [0.15, 0.2) is 24.4 Å². The van der Waals surface area contributed by atoms with E-state index in [4.69, 9.17) is 10.5 Å². The Labute approximate surface area is 211 Å². The minimum atomic E-state index is 0.279. The number of benzene rings is 1. The number of nitrogen functional groups attached to an aromatic ring is 1. The number of hydrogen-bond donors (Lipinski definition) is 3. The summed E-state index contributed by atoms with van der Waals surface area (Å²) in [4.78, 5) is 11.5. The zero-order chi connectivity index (χ0) is 24.3. The Kier molecular flexibility index (Phi) is 5.32. The third kappa shape index (κ3) is 4.08. The Morgan fingerprint density at radius 1 is 1.14 bits per heavy atom. The van der Waals surface area contributed by atoms with Crippen LogP contribution in [0.25, 0.3) is 11.0 Å². The molecule has 7 rings (SSSR count). The highest BCUT2D eigenvalue weighted by Gasteiger charge is 2.47. The molecule has 2 aliphatic heterocycles. The van der Waals surface area contributed by atoms with Crippen LogP contribution in [0, 0.1) is 23.2 Å². The van der Waals surface area contributed by atoms with Crippen molar-refractivity contribution in [3.63, 3.8) is 0 Å². The van der Waals surface area contributed by atoms with Gasteiger partial charge in [-0.05, 0) is 55.1 Å². The van der Waals surface area contributed by atoms with Crippen LogP contribution in [0.4, 0.5) is 11.8 Å². The average molecular weight is 489 g/mol. The summed E-state index contributed by atoms with van der Waals surface area (Å²) in [7, 11) is 1.74. The Hall–Kier alpha value is -2.91. The summed E-state index contributed by atoms with van der Waals surface area (Å²) in [5.41, 5.74) is 10.6. The molecule has 1 spiro atoms. The summed E-state index contributed by atoms with van der Waals surface area (Å²) in [5.74, 6) is 4.62. The van der Waals surface area contributed by atoms with Crippen molar-refractivity contribution in [2.45, 2.75) is 38.8 Å². The summed E-state index contributed by atoms with van der Waals surface area (Å²) in [6.45, 7) is 7.17. The number of nitrogens with zero attached hydrogens (tertiary/aromatic N) is 5. The number of nitrogens with two attached hydrogens (primary N) is 1. The van der Waals surface area contributed by atoms with Crippen LogP contribution in [0.2, 0.25) is 0 Å². The van der Waals surface area contributed by atoms with Gasteiger partial charge in [-0.25, -0.2) is 4.98 Å². The normalized spacial score (nSPS) is 24.8. The van der Waals surface area contributed by atoms with Crippen LogP contribution in [-0.4, -0.2) is 64.5 Å². The maximum Gasteiger partial charge on any atom is 0.222 e. The van der Waals surface area contributed by atoms with Gasteiger partial charge < -0.3 is 21.1 Å². The van der Waals surface area contributed by atoms with Crippen molar-refractivity contribution in [2.24, 2.45) is 23.2 Å². The fourth-order valence-electron chi connectivity index (χ4n) is 6.56. The fourth-order valence-corrected chi connectivity index (χ4v) is 6.56. The van der Waals surface area contributed by atoms with E-state index in [1.54, 1.807) is 13.3 Å². The summed E-state index contributed by atoms with van der Waals surface area (Å²) in [5, 5.41) is 11.6. The predicted octanol–water partition coefficient (Wildman–Crippen LogP) is 2.72. The molecule has 4 fully saturated rings. The molecule has 36 heavy (non-hydrogen) atoms. The van der Waals surface area contributed by atoms with Crippen molar-refractivity contribution >= 4 is 22.8 Å². The molecular weight excluding hydrogens is 452 g/mol. The molecule has 2 saturated carbocycles. The van der Waals surface area contributed by atoms with E-state index in [-0.39, 0.29) is 5.95 Å². The van der Waals surface area contributed by atoms with E-state index in [0.29, 0.717) is 17.9 Å². The highest BCUT2D eigenvalue weighted by Crippen LogP contribution is 2.49. The zero-order valence-electron chi connectivity index (χ0n) is 21.0. The van der Waals surface area contributed by atoms with Crippen molar-refractivity contribution < 1.29 is 4.74 Å². The molecule has 0 bridgehead atoms. The number of likely N-dealkylation sites (tertiary alicyclic amines) is 1. The summed E-state index contributed by atoms with van der Waals surface area (Å²) in [6, 6.07) is 6.55. The standard InChI is InChI=1S/C27H36N8O/c1-36-23-8-17(11-34-15-27(16-34)13-29-14-27)2-3-20(23)12-35-24-22(10-31-35)32-26(28)33-25(24)30-9-18-6-21(7-18)19-4-5-19/h2-3,8,10,18-19,21,29H,4-7,9,11-16H2,1H3,(H3,28,30,32,33). The molecule has 4 N–H and O–H groups in total. The molecule has 0 atom stereocenters. The third-order valence-corrected chi connectivity index (χ3v) is 8.82. The number of rotatable bonds is 9. The zero-order valence-corrected chi connectivity index (χ0v) is 21.0. The molecule has 0 radical (unpaired) electrons. The lowest BCUT2D eigenvalue weighted by Crippen LogP contribution is -2.70. The number of nitrogens with one attached hydrogen (secondary N) is 2. The van der Waals surface area contributed by atoms with Crippen molar-refractivity contribution in [1.29, 1.82) is 0 Å². The lowest BCUT2D eigenvalue weighted by atomic mass is 9.72. The van der Waals surface area contributed by atoms with Crippen LogP contribution in [0.3, 0.4) is 0 Å². The van der Waals surface area contributed by atoms with E-state index in [1.807, 2.05) is 4.68 Å². The number of fused-ring (bicyclic) bond motifs is 1. The number of methoxy groups -OCH3 is 1. The molecule has 2 aromatic heterocycles. The van der Waals surface area contributed by atoms with E-state index < -0.39 is 0 Å². The monoisotopic (exact) mass is 488 g/mol. The Morgan fingerprint density at radius 2 is 1.97 bits per heavy atom. The number of anilines is 2. The summed E-state index contributed by atoms with van der Waals surface area (Å²) in [6.07, 6.45) is 7.32. The van der Waals surface area contributed by atoms with Gasteiger partial charge in [0.2, 0.25) is 5.95 Å². The van der Waals surface area contributed by atoms with Crippen LogP contribution in [0.5, 0.6) is 5.75 Å². The first kappa shape index (κ1) is 22.3. The second-order valence-corrected chi connectivity index (χ2v) is 11.7. The minimum absolute atomic E-state index is 0.279. The molecule has 2 aliphatic carbocycles. The molecule has 9 nitrogen and oxygen atoms in total. The molecule has 9 heteroatoms. The maximum absolute atomic E-state index is 6.03. The van der Waals surface area contributed by atoms with E-state index >= 15 is 0 Å². The first-order valence-corrected chi connectivity index (χ1v) is 13.4. The fraction of sp³-hybridized carbons (Fsp3) is 0.593. The lowest BCUT2D eigenvalue weighted by Gasteiger charge is -2.56. The van der Waals surface area contributed by atoms with Crippen molar-refractivity contribution in [3.05, 3.63) is 35.5 Å². The van der Waals surface area contributed by atoms with Gasteiger partial charge in [-0.15, -0.1) is 0 Å². The van der Waals surface area contributed by atoms with Crippen molar-refractivity contribution in [1.82, 2.24) is 30.0 Å². The van der Waals surface area contributed by atoms with Gasteiger partial charge in [-0.1, -0.05) is 12.1 Å². The Bertz CT molecular complexity index is 1270. The molecule has 0 amide bonds. The third-order valence-electron chi connectivity index (χ3n) is 8.82. The molecule has 3 aromatic rings. The smallest absolute Gasteiger partial charge is 0.222 e. The Balaban J connectivity index is 1.06. The van der Waals surface area contributed by atoms with Gasteiger partial charge in [-0.3, -0.25) is 9.58 Å². The molecular formula is C27H36N8O. The summed E-state index contributed by atoms with van der Waals surface area (Å²) < 4.78 is 7.77. The molecule has 4 aliphatic rings. The molecule has 0 unspecified atom stereocenters. The SMILES string of the molecule is COc1cc(CN2CC3(CNC3)C2)ccc1Cn1ncc2nc(N)nc(NCC3CC(C4CC4)C3)c21. The maximum atomic E-state index is 6.03. The molecule has 2 saturated heterocycles. The van der Waals surface area contributed by atoms with Crippen molar-refractivity contribution in [2.75, 3.05) is 50.9 Å². The number of aromatic nitrogens is 4. The first-order valence-electron chi connectivity index (χ1n) is 13.4. The van der Waals surface area contributed by atoms with E-state index in [0.717, 1.165) is 66.2 Å². The Morgan fingerprint density at radius 3 is 2.69 bits per heavy atom. The second kappa shape index (κ2) is 8.59. The van der Waals surface area contributed by atoms with Gasteiger partial charge in [0.25, 0.3) is 0 Å². The highest BCUT2D eigenvalue weighted by molar-refractivity contribution is 5.86. The highest BCUT2D eigenvalue weighted by atomic mass is 16.5. The number of ether oxygens (including phenoxy) is 1. The second-order valence-electron chi connectivity index (χ2n) is 11.7. The van der Waals surface area contributed by atoms with Crippen LogP contribution in [0.1, 0.15) is 36.8 Å². The first-order chi connectivity index (χ1) is 17.6. The largest absolute Gasteiger partial charge is 0.496 e. The van der Waals surface area contributed by atoms with Gasteiger partial charge in [0, 0.05) is 50.2 Å². The molecule has 4 heterocycles. The topological polar surface area (TPSA) is 106 Å². The summed E-state index contributed by atoms with van der Waals surface area (Å²) >= 11 is 0. The van der Waals surface area contributed by atoms with E-state index in [9.17, 15) is 0 Å². The lowest BCUT2D eigenvalue weighted by molar-refractivity contribution is -0.0444. The minimum Gasteiger partial charge on any atom is -0.496 e. The molecule has 1 aromatic carbocycles. The average Bonchev–Trinajstić information content (AvgIpc) is 3.54. The van der Waals surface area contributed by atoms with Gasteiger partial charge >= 0.3 is 0 Å². The van der Waals surface area contributed by atoms with Crippen LogP contribution < -0.4 is 21.1 Å². The quantitative estimate of drug-likeness (QED) is 0.422. The number of hydrogen-bond acceptors (Lipinski definition) is 8. The van der Waals surface area contributed by atoms with Crippen LogP contribution >= 0.6 is 0 Å². The predicted molar refractivity (Wildman–Crippen MR) is 140 cm³/mol. The van der Waals surface area contributed by atoms with Gasteiger partial charge in [0.15, 0.2) is 5.82 Å². The molecule has 190 valence electrons. The van der Waals surface area contributed by atoms with Gasteiger partial charge in [-0.2, -0.15) is 10.1 Å². The van der Waals surface area contributed by atoms with E-state index in [1.165, 1.54) is 44.3 Å².